The number of aromatic nitrogens is 3. The van der Waals surface area contributed by atoms with Crippen molar-refractivity contribution >= 4 is 11.6 Å². The van der Waals surface area contributed by atoms with Gasteiger partial charge in [-0.2, -0.15) is 4.98 Å². The van der Waals surface area contributed by atoms with Crippen molar-refractivity contribution in [3.8, 4) is 0 Å². The van der Waals surface area contributed by atoms with Gasteiger partial charge in [-0.15, -0.1) is 5.10 Å². The Bertz CT molecular complexity index is 480. The number of rotatable bonds is 4. The third kappa shape index (κ3) is 2.30. The third-order valence-electron chi connectivity index (χ3n) is 2.45. The summed E-state index contributed by atoms with van der Waals surface area (Å²) in [4.78, 5) is 4.29. The Balaban J connectivity index is 2.13. The van der Waals surface area contributed by atoms with E-state index in [9.17, 15) is 5.11 Å². The van der Waals surface area contributed by atoms with Crippen LogP contribution in [0.3, 0.4) is 0 Å². The highest BCUT2D eigenvalue weighted by Crippen LogP contribution is 2.07. The molecule has 1 unspecified atom stereocenters. The van der Waals surface area contributed by atoms with Gasteiger partial charge in [0, 0.05) is 12.7 Å². The summed E-state index contributed by atoms with van der Waals surface area (Å²) < 4.78 is 1.73. The minimum Gasteiger partial charge on any atom is -0.391 e. The molecule has 0 radical (unpaired) electrons. The monoisotopic (exact) mass is 220 g/mol. The van der Waals surface area contributed by atoms with Crippen molar-refractivity contribution in [3.63, 3.8) is 0 Å². The molecule has 16 heavy (non-hydrogen) atoms. The molecule has 1 atom stereocenters. The second-order valence-electron chi connectivity index (χ2n) is 3.89. The quantitative estimate of drug-likeness (QED) is 0.813. The normalized spacial score (nSPS) is 12.9. The lowest BCUT2D eigenvalue weighted by molar-refractivity contribution is 0.183. The number of hydrogen-bond donors (Lipinski definition) is 2. The van der Waals surface area contributed by atoms with Crippen LogP contribution in [0.15, 0.2) is 18.3 Å². The van der Waals surface area contributed by atoms with Crippen LogP contribution in [0.4, 0.5) is 5.95 Å². The maximum Gasteiger partial charge on any atom is 0.243 e. The van der Waals surface area contributed by atoms with E-state index in [2.05, 4.69) is 15.4 Å². The van der Waals surface area contributed by atoms with E-state index in [0.717, 1.165) is 17.6 Å². The highest BCUT2D eigenvalue weighted by Gasteiger charge is 2.05. The lowest BCUT2D eigenvalue weighted by Crippen LogP contribution is -2.18. The summed E-state index contributed by atoms with van der Waals surface area (Å²) in [6, 6.07) is 3.92. The van der Waals surface area contributed by atoms with Crippen molar-refractivity contribution in [1.29, 1.82) is 0 Å². The van der Waals surface area contributed by atoms with Crippen molar-refractivity contribution in [2.75, 3.05) is 11.9 Å². The molecule has 2 heterocycles. The summed E-state index contributed by atoms with van der Waals surface area (Å²) in [6.45, 7) is 4.42. The molecule has 0 fully saturated rings. The number of fused-ring (bicyclic) bond motifs is 1. The lowest BCUT2D eigenvalue weighted by atomic mass is 10.3. The molecule has 2 N–H and O–H groups in total. The van der Waals surface area contributed by atoms with Crippen LogP contribution in [0.2, 0.25) is 0 Å². The van der Waals surface area contributed by atoms with Gasteiger partial charge in [0.15, 0.2) is 5.65 Å². The number of hydrogen-bond acceptors (Lipinski definition) is 4. The first-order chi connectivity index (χ1) is 7.69. The Labute approximate surface area is 94.1 Å². The average molecular weight is 220 g/mol. The second kappa shape index (κ2) is 4.49. The topological polar surface area (TPSA) is 62.5 Å². The summed E-state index contributed by atoms with van der Waals surface area (Å²) >= 11 is 0. The van der Waals surface area contributed by atoms with Gasteiger partial charge in [-0.1, -0.05) is 13.0 Å². The van der Waals surface area contributed by atoms with Crippen LogP contribution in [-0.2, 0) is 0 Å². The molecule has 2 aromatic heterocycles. The van der Waals surface area contributed by atoms with Crippen molar-refractivity contribution in [2.45, 2.75) is 26.4 Å². The molecule has 0 amide bonds. The first-order valence-electron chi connectivity index (χ1n) is 5.44. The maximum atomic E-state index is 9.41. The first kappa shape index (κ1) is 10.9. The molecule has 0 aliphatic carbocycles. The SMILES string of the molecule is CCC(O)CNc1nc2ccc(C)cn2n1. The van der Waals surface area contributed by atoms with Crippen molar-refractivity contribution in [3.05, 3.63) is 23.9 Å². The molecule has 0 spiro atoms. The van der Waals surface area contributed by atoms with Crippen LogP contribution in [0.1, 0.15) is 18.9 Å². The molecule has 0 saturated heterocycles. The van der Waals surface area contributed by atoms with Gasteiger partial charge in [-0.25, -0.2) is 4.52 Å². The fourth-order valence-corrected chi connectivity index (χ4v) is 1.41. The number of nitrogens with one attached hydrogen (secondary N) is 1. The van der Waals surface area contributed by atoms with Crippen LogP contribution in [0.5, 0.6) is 0 Å². The zero-order chi connectivity index (χ0) is 11.5. The molecule has 0 aliphatic rings. The molecule has 86 valence electrons. The first-order valence-corrected chi connectivity index (χ1v) is 5.44. The smallest absolute Gasteiger partial charge is 0.243 e. The largest absolute Gasteiger partial charge is 0.391 e. The van der Waals surface area contributed by atoms with E-state index in [1.807, 2.05) is 32.2 Å². The van der Waals surface area contributed by atoms with Gasteiger partial charge in [0.2, 0.25) is 5.95 Å². The fraction of sp³-hybridized carbons (Fsp3) is 0.455. The van der Waals surface area contributed by atoms with E-state index in [1.165, 1.54) is 0 Å². The Morgan fingerprint density at radius 2 is 2.31 bits per heavy atom. The van der Waals surface area contributed by atoms with Crippen molar-refractivity contribution in [1.82, 2.24) is 14.6 Å². The minimum atomic E-state index is -0.353. The molecule has 5 nitrogen and oxygen atoms in total. The molecule has 0 saturated carbocycles. The summed E-state index contributed by atoms with van der Waals surface area (Å²) in [6.07, 6.45) is 2.29. The molecule has 0 aliphatic heterocycles. The average Bonchev–Trinajstić information content (AvgIpc) is 2.67. The van der Waals surface area contributed by atoms with Crippen LogP contribution in [0.25, 0.3) is 5.65 Å². The van der Waals surface area contributed by atoms with Crippen LogP contribution in [0, 0.1) is 6.92 Å². The predicted molar refractivity (Wildman–Crippen MR) is 62.5 cm³/mol. The zero-order valence-corrected chi connectivity index (χ0v) is 9.51. The van der Waals surface area contributed by atoms with Gasteiger partial charge in [0.05, 0.1) is 6.10 Å². The molecular formula is C11H16N4O. The number of aliphatic hydroxyl groups excluding tert-OH is 1. The Kier molecular flexibility index (Phi) is 3.05. The van der Waals surface area contributed by atoms with Gasteiger partial charge in [0.25, 0.3) is 0 Å². The highest BCUT2D eigenvalue weighted by atomic mass is 16.3. The molecule has 0 bridgehead atoms. The van der Waals surface area contributed by atoms with E-state index >= 15 is 0 Å². The van der Waals surface area contributed by atoms with Gasteiger partial charge in [-0.05, 0) is 25.0 Å². The molecular weight excluding hydrogens is 204 g/mol. The lowest BCUT2D eigenvalue weighted by Gasteiger charge is -2.06. The van der Waals surface area contributed by atoms with Crippen molar-refractivity contribution < 1.29 is 5.11 Å². The zero-order valence-electron chi connectivity index (χ0n) is 9.51. The summed E-state index contributed by atoms with van der Waals surface area (Å²) in [5.41, 5.74) is 1.94. The summed E-state index contributed by atoms with van der Waals surface area (Å²) in [7, 11) is 0. The molecule has 5 heteroatoms. The van der Waals surface area contributed by atoms with Crippen molar-refractivity contribution in [2.24, 2.45) is 0 Å². The number of nitrogens with zero attached hydrogens (tertiary/aromatic N) is 3. The van der Waals surface area contributed by atoms with E-state index in [4.69, 9.17) is 0 Å². The number of pyridine rings is 1. The van der Waals surface area contributed by atoms with Gasteiger partial charge in [0.1, 0.15) is 0 Å². The van der Waals surface area contributed by atoms with E-state index < -0.39 is 0 Å². The van der Waals surface area contributed by atoms with Gasteiger partial charge in [-0.3, -0.25) is 0 Å². The van der Waals surface area contributed by atoms with E-state index in [0.29, 0.717) is 12.5 Å². The summed E-state index contributed by atoms with van der Waals surface area (Å²) in [5.74, 6) is 0.554. The van der Waals surface area contributed by atoms with Crippen LogP contribution >= 0.6 is 0 Å². The minimum absolute atomic E-state index is 0.353. The fourth-order valence-electron chi connectivity index (χ4n) is 1.41. The van der Waals surface area contributed by atoms with Gasteiger partial charge < -0.3 is 10.4 Å². The molecule has 2 rings (SSSR count). The Morgan fingerprint density at radius 1 is 1.50 bits per heavy atom. The van der Waals surface area contributed by atoms with E-state index in [1.54, 1.807) is 4.52 Å². The predicted octanol–water partition coefficient (Wildman–Crippen LogP) is 1.22. The van der Waals surface area contributed by atoms with E-state index in [-0.39, 0.29) is 6.10 Å². The number of anilines is 1. The Morgan fingerprint density at radius 3 is 3.06 bits per heavy atom. The highest BCUT2D eigenvalue weighted by molar-refractivity contribution is 5.44. The Hall–Kier alpha value is -1.62. The number of aliphatic hydroxyl groups is 1. The molecule has 0 aromatic carbocycles. The van der Waals surface area contributed by atoms with Gasteiger partial charge >= 0.3 is 0 Å². The van der Waals surface area contributed by atoms with Crippen LogP contribution in [-0.4, -0.2) is 32.4 Å². The van der Waals surface area contributed by atoms with Crippen LogP contribution < -0.4 is 5.32 Å². The maximum absolute atomic E-state index is 9.41. The molecule has 2 aromatic rings. The second-order valence-corrected chi connectivity index (χ2v) is 3.89. The third-order valence-corrected chi connectivity index (χ3v) is 2.45. The number of aryl methyl sites for hydroxylation is 1. The standard InChI is InChI=1S/C11H16N4O/c1-3-9(16)6-12-11-13-10-5-4-8(2)7-15(10)14-11/h4-5,7,9,16H,3,6H2,1-2H3,(H,12,14). The summed E-state index contributed by atoms with van der Waals surface area (Å²) in [5, 5.41) is 16.7.